The number of nitrogens with zero attached hydrogens (tertiary/aromatic N) is 4. The summed E-state index contributed by atoms with van der Waals surface area (Å²) in [6.45, 7) is 4.26. The molecule has 4 rings (SSSR count). The van der Waals surface area contributed by atoms with E-state index in [0.717, 1.165) is 38.8 Å². The Morgan fingerprint density at radius 1 is 0.939 bits per heavy atom. The molecular formula is C25H32N4O4. The lowest BCUT2D eigenvalue weighted by Gasteiger charge is -2.34. The number of pyridine rings is 1. The zero-order chi connectivity index (χ0) is 23.0. The minimum absolute atomic E-state index is 0.0114. The third-order valence-electron chi connectivity index (χ3n) is 6.11. The summed E-state index contributed by atoms with van der Waals surface area (Å²) in [6, 6.07) is 10.8. The standard InChI is InChI=1S/C25H32N4O4/c1-27-14-16-28(17-15-27)23(30)19-29-13-6-2-3-7-18-32-21-10-4-5-11-22(21)33-24-20(25(29)31)9-8-12-26-24/h4-5,8-12H,2-3,6-7,13-19H2,1H3. The van der Waals surface area contributed by atoms with Gasteiger partial charge < -0.3 is 24.2 Å². The van der Waals surface area contributed by atoms with E-state index in [1.54, 1.807) is 29.3 Å². The van der Waals surface area contributed by atoms with Gasteiger partial charge >= 0.3 is 0 Å². The quantitative estimate of drug-likeness (QED) is 0.697. The summed E-state index contributed by atoms with van der Waals surface area (Å²) < 4.78 is 12.0. The van der Waals surface area contributed by atoms with E-state index in [2.05, 4.69) is 16.9 Å². The van der Waals surface area contributed by atoms with Gasteiger partial charge in [0.15, 0.2) is 11.5 Å². The maximum atomic E-state index is 13.6. The molecule has 0 atom stereocenters. The minimum Gasteiger partial charge on any atom is -0.490 e. The number of hydrogen-bond acceptors (Lipinski definition) is 6. The van der Waals surface area contributed by atoms with Crippen LogP contribution in [0.15, 0.2) is 42.6 Å². The summed E-state index contributed by atoms with van der Waals surface area (Å²) in [4.78, 5) is 36.6. The van der Waals surface area contributed by atoms with Gasteiger partial charge in [0.1, 0.15) is 12.1 Å². The van der Waals surface area contributed by atoms with Crippen molar-refractivity contribution >= 4 is 11.8 Å². The van der Waals surface area contributed by atoms with E-state index in [-0.39, 0.29) is 24.2 Å². The van der Waals surface area contributed by atoms with Gasteiger partial charge in [-0.3, -0.25) is 9.59 Å². The molecule has 8 nitrogen and oxygen atoms in total. The number of aromatic nitrogens is 1. The zero-order valence-corrected chi connectivity index (χ0v) is 19.2. The number of piperazine rings is 1. The van der Waals surface area contributed by atoms with Gasteiger partial charge in [-0.15, -0.1) is 0 Å². The third kappa shape index (κ3) is 6.01. The van der Waals surface area contributed by atoms with E-state index in [9.17, 15) is 9.59 Å². The first-order valence-corrected chi connectivity index (χ1v) is 11.7. The second kappa shape index (κ2) is 11.1. The highest BCUT2D eigenvalue weighted by atomic mass is 16.5. The average molecular weight is 453 g/mol. The fourth-order valence-corrected chi connectivity index (χ4v) is 4.08. The molecule has 8 heteroatoms. The molecule has 0 aliphatic carbocycles. The lowest BCUT2D eigenvalue weighted by Crippen LogP contribution is -2.51. The van der Waals surface area contributed by atoms with E-state index < -0.39 is 0 Å². The van der Waals surface area contributed by atoms with E-state index in [0.29, 0.717) is 43.3 Å². The van der Waals surface area contributed by atoms with Gasteiger partial charge in [-0.25, -0.2) is 4.98 Å². The number of benzene rings is 1. The number of likely N-dealkylation sites (N-methyl/N-ethyl adjacent to an activating group) is 1. The Morgan fingerprint density at radius 2 is 1.70 bits per heavy atom. The Balaban J connectivity index is 1.58. The van der Waals surface area contributed by atoms with Gasteiger partial charge in [-0.05, 0) is 44.2 Å². The Morgan fingerprint density at radius 3 is 2.52 bits per heavy atom. The van der Waals surface area contributed by atoms with Gasteiger partial charge in [0.25, 0.3) is 5.91 Å². The molecular weight excluding hydrogens is 420 g/mol. The second-order valence-corrected chi connectivity index (χ2v) is 8.58. The van der Waals surface area contributed by atoms with Crippen LogP contribution in [0.1, 0.15) is 36.0 Å². The normalized spacial score (nSPS) is 18.4. The van der Waals surface area contributed by atoms with Crippen molar-refractivity contribution in [1.29, 1.82) is 0 Å². The topological polar surface area (TPSA) is 75.2 Å². The molecule has 0 radical (unpaired) electrons. The van der Waals surface area contributed by atoms with Crippen molar-refractivity contribution < 1.29 is 19.1 Å². The maximum Gasteiger partial charge on any atom is 0.259 e. The number of ether oxygens (including phenoxy) is 2. The van der Waals surface area contributed by atoms with Gasteiger partial charge in [0.05, 0.1) is 6.61 Å². The Kier molecular flexibility index (Phi) is 7.78. The molecule has 1 saturated heterocycles. The van der Waals surface area contributed by atoms with E-state index >= 15 is 0 Å². The number of hydrogen-bond donors (Lipinski definition) is 0. The molecule has 176 valence electrons. The van der Waals surface area contributed by atoms with Crippen molar-refractivity contribution in [3.05, 3.63) is 48.2 Å². The Labute approximate surface area is 195 Å². The monoisotopic (exact) mass is 452 g/mol. The fourth-order valence-electron chi connectivity index (χ4n) is 4.08. The number of para-hydroxylation sites is 2. The number of amides is 2. The molecule has 1 aromatic heterocycles. The lowest BCUT2D eigenvalue weighted by atomic mass is 10.1. The van der Waals surface area contributed by atoms with Crippen LogP contribution >= 0.6 is 0 Å². The number of carbonyl (C=O) groups is 2. The summed E-state index contributed by atoms with van der Waals surface area (Å²) in [5.74, 6) is 1.11. The smallest absolute Gasteiger partial charge is 0.259 e. The van der Waals surface area contributed by atoms with Crippen LogP contribution in [0.2, 0.25) is 0 Å². The minimum atomic E-state index is -0.240. The molecule has 0 saturated carbocycles. The van der Waals surface area contributed by atoms with Gasteiger partial charge in [-0.2, -0.15) is 0 Å². The molecule has 1 aromatic carbocycles. The first-order chi connectivity index (χ1) is 16.1. The highest BCUT2D eigenvalue weighted by Gasteiger charge is 2.26. The predicted octanol–water partition coefficient (Wildman–Crippen LogP) is 3.04. The van der Waals surface area contributed by atoms with Crippen molar-refractivity contribution in [2.75, 3.05) is 52.9 Å². The van der Waals surface area contributed by atoms with Crippen LogP contribution < -0.4 is 9.47 Å². The summed E-state index contributed by atoms with van der Waals surface area (Å²) >= 11 is 0. The molecule has 2 aliphatic heterocycles. The summed E-state index contributed by atoms with van der Waals surface area (Å²) in [5, 5.41) is 0. The van der Waals surface area contributed by atoms with Crippen molar-refractivity contribution in [2.45, 2.75) is 25.7 Å². The van der Waals surface area contributed by atoms with E-state index in [4.69, 9.17) is 9.47 Å². The van der Waals surface area contributed by atoms with Crippen LogP contribution in [0.4, 0.5) is 0 Å². The molecule has 0 spiro atoms. The SMILES string of the molecule is CN1CCN(C(=O)CN2CCCCCCOc3ccccc3Oc3ncccc3C2=O)CC1. The molecule has 33 heavy (non-hydrogen) atoms. The number of fused-ring (bicyclic) bond motifs is 2. The van der Waals surface area contributed by atoms with Crippen LogP contribution in [0.25, 0.3) is 0 Å². The molecule has 1 fully saturated rings. The van der Waals surface area contributed by atoms with Gasteiger partial charge in [0, 0.05) is 38.9 Å². The maximum absolute atomic E-state index is 13.6. The molecule has 0 bridgehead atoms. The van der Waals surface area contributed by atoms with Crippen molar-refractivity contribution in [3.8, 4) is 17.4 Å². The van der Waals surface area contributed by atoms with E-state index in [1.807, 2.05) is 23.1 Å². The predicted molar refractivity (Wildman–Crippen MR) is 125 cm³/mol. The Hall–Kier alpha value is -3.13. The van der Waals surface area contributed by atoms with Crippen LogP contribution in [-0.2, 0) is 4.79 Å². The number of carbonyl (C=O) groups excluding carboxylic acids is 2. The highest BCUT2D eigenvalue weighted by Crippen LogP contribution is 2.32. The number of rotatable bonds is 2. The fraction of sp³-hybridized carbons (Fsp3) is 0.480. The molecule has 2 aliphatic rings. The lowest BCUT2D eigenvalue weighted by molar-refractivity contribution is -0.133. The van der Waals surface area contributed by atoms with Crippen molar-refractivity contribution in [1.82, 2.24) is 19.7 Å². The van der Waals surface area contributed by atoms with Crippen LogP contribution in [-0.4, -0.2) is 84.4 Å². The van der Waals surface area contributed by atoms with Crippen LogP contribution in [0.3, 0.4) is 0 Å². The second-order valence-electron chi connectivity index (χ2n) is 8.58. The molecule has 0 N–H and O–H groups in total. The van der Waals surface area contributed by atoms with Crippen LogP contribution in [0, 0.1) is 0 Å². The highest BCUT2D eigenvalue weighted by molar-refractivity contribution is 5.98. The Bertz CT molecular complexity index is 959. The third-order valence-corrected chi connectivity index (χ3v) is 6.11. The van der Waals surface area contributed by atoms with Crippen molar-refractivity contribution in [2.24, 2.45) is 0 Å². The summed E-state index contributed by atoms with van der Waals surface area (Å²) in [6.07, 6.45) is 5.30. The zero-order valence-electron chi connectivity index (χ0n) is 19.2. The van der Waals surface area contributed by atoms with E-state index in [1.165, 1.54) is 0 Å². The summed E-state index contributed by atoms with van der Waals surface area (Å²) in [7, 11) is 2.06. The van der Waals surface area contributed by atoms with Gasteiger partial charge in [-0.1, -0.05) is 25.0 Å². The largest absolute Gasteiger partial charge is 0.490 e. The molecule has 2 amide bonds. The average Bonchev–Trinajstić information content (AvgIpc) is 2.83. The first-order valence-electron chi connectivity index (χ1n) is 11.7. The molecule has 0 unspecified atom stereocenters. The van der Waals surface area contributed by atoms with Gasteiger partial charge in [0.2, 0.25) is 11.8 Å². The summed E-state index contributed by atoms with van der Waals surface area (Å²) in [5.41, 5.74) is 0.343. The van der Waals surface area contributed by atoms with Crippen LogP contribution in [0.5, 0.6) is 17.4 Å². The molecule has 2 aromatic rings. The molecule has 3 heterocycles. The van der Waals surface area contributed by atoms with Crippen molar-refractivity contribution in [3.63, 3.8) is 0 Å². The first kappa shape index (κ1) is 23.0.